The summed E-state index contributed by atoms with van der Waals surface area (Å²) < 4.78 is 24.3. The molecule has 0 radical (unpaired) electrons. The number of piperidine rings is 1. The summed E-state index contributed by atoms with van der Waals surface area (Å²) in [6.45, 7) is 6.43. The molecular formula is C25H33NO4S. The van der Waals surface area contributed by atoms with Gasteiger partial charge in [-0.3, -0.25) is 4.79 Å². The molecule has 1 atom stereocenters. The molecule has 0 aliphatic carbocycles. The standard InChI is InChI=1S/C25H33NO4S/c1-19(2)31(29,30)18-21-13-15-26(16-14-21)24(27)17-20-9-11-23(12-10-20)25(3,28)22-7-5-4-6-8-22/h4-12,19,21,28H,13-18H2,1-3H3. The van der Waals surface area contributed by atoms with Crippen molar-refractivity contribution in [2.45, 2.75) is 50.9 Å². The lowest BCUT2D eigenvalue weighted by atomic mass is 9.87. The topological polar surface area (TPSA) is 74.7 Å². The summed E-state index contributed by atoms with van der Waals surface area (Å²) in [4.78, 5) is 14.6. The number of nitrogens with zero attached hydrogens (tertiary/aromatic N) is 1. The molecule has 5 nitrogen and oxygen atoms in total. The van der Waals surface area contributed by atoms with Crippen molar-refractivity contribution < 1.29 is 18.3 Å². The van der Waals surface area contributed by atoms with Gasteiger partial charge in [-0.2, -0.15) is 0 Å². The Morgan fingerprint density at radius 2 is 1.58 bits per heavy atom. The highest BCUT2D eigenvalue weighted by atomic mass is 32.2. The van der Waals surface area contributed by atoms with Gasteiger partial charge < -0.3 is 10.0 Å². The average Bonchev–Trinajstić information content (AvgIpc) is 2.75. The van der Waals surface area contributed by atoms with E-state index in [0.29, 0.717) is 19.5 Å². The van der Waals surface area contributed by atoms with E-state index in [1.54, 1.807) is 20.8 Å². The first-order chi connectivity index (χ1) is 14.6. The van der Waals surface area contributed by atoms with Gasteiger partial charge in [0.2, 0.25) is 5.91 Å². The number of amides is 1. The van der Waals surface area contributed by atoms with E-state index in [2.05, 4.69) is 0 Å². The number of likely N-dealkylation sites (tertiary alicyclic amines) is 1. The predicted molar refractivity (Wildman–Crippen MR) is 123 cm³/mol. The van der Waals surface area contributed by atoms with Crippen molar-refractivity contribution in [1.29, 1.82) is 0 Å². The third kappa shape index (κ3) is 5.74. The summed E-state index contributed by atoms with van der Waals surface area (Å²) in [7, 11) is -3.04. The summed E-state index contributed by atoms with van der Waals surface area (Å²) in [5.74, 6) is 0.416. The number of aliphatic hydroxyl groups is 1. The van der Waals surface area contributed by atoms with Gasteiger partial charge in [-0.15, -0.1) is 0 Å². The van der Waals surface area contributed by atoms with E-state index in [9.17, 15) is 18.3 Å². The fourth-order valence-corrected chi connectivity index (χ4v) is 5.41. The fraction of sp³-hybridized carbons (Fsp3) is 0.480. The molecular weight excluding hydrogens is 410 g/mol. The SMILES string of the molecule is CC(C)S(=O)(=O)CC1CCN(C(=O)Cc2ccc(C(C)(O)c3ccccc3)cc2)CC1. The normalized spacial score (nSPS) is 17.5. The zero-order chi connectivity index (χ0) is 22.6. The van der Waals surface area contributed by atoms with Crippen LogP contribution in [0.25, 0.3) is 0 Å². The lowest BCUT2D eigenvalue weighted by Crippen LogP contribution is -2.41. The van der Waals surface area contributed by atoms with Crippen LogP contribution in [0.15, 0.2) is 54.6 Å². The molecule has 2 aromatic rings. The Balaban J connectivity index is 1.56. The molecule has 0 bridgehead atoms. The molecule has 0 saturated carbocycles. The van der Waals surface area contributed by atoms with Crippen LogP contribution >= 0.6 is 0 Å². The van der Waals surface area contributed by atoms with Crippen LogP contribution in [-0.4, -0.2) is 48.4 Å². The summed E-state index contributed by atoms with van der Waals surface area (Å²) in [5.41, 5.74) is 1.41. The quantitative estimate of drug-likeness (QED) is 0.710. The summed E-state index contributed by atoms with van der Waals surface area (Å²) in [5, 5.41) is 10.6. The Hall–Kier alpha value is -2.18. The van der Waals surface area contributed by atoms with Gasteiger partial charge in [0.25, 0.3) is 0 Å². The number of carbonyl (C=O) groups excluding carboxylic acids is 1. The average molecular weight is 444 g/mol. The second-order valence-corrected chi connectivity index (χ2v) is 11.6. The van der Waals surface area contributed by atoms with Gasteiger partial charge in [0, 0.05) is 13.1 Å². The van der Waals surface area contributed by atoms with Crippen molar-refractivity contribution in [2.75, 3.05) is 18.8 Å². The number of benzene rings is 2. The van der Waals surface area contributed by atoms with Gasteiger partial charge in [0.15, 0.2) is 9.84 Å². The minimum Gasteiger partial charge on any atom is -0.381 e. The number of rotatable bonds is 7. The molecule has 0 spiro atoms. The number of sulfone groups is 1. The van der Waals surface area contributed by atoms with Gasteiger partial charge in [0.1, 0.15) is 5.60 Å². The van der Waals surface area contributed by atoms with Gasteiger partial charge >= 0.3 is 0 Å². The Kier molecular flexibility index (Phi) is 7.22. The van der Waals surface area contributed by atoms with Gasteiger partial charge in [-0.05, 0) is 56.2 Å². The van der Waals surface area contributed by atoms with Crippen LogP contribution in [-0.2, 0) is 26.7 Å². The van der Waals surface area contributed by atoms with E-state index in [1.165, 1.54) is 0 Å². The van der Waals surface area contributed by atoms with E-state index in [-0.39, 0.29) is 22.8 Å². The number of carbonyl (C=O) groups is 1. The maximum atomic E-state index is 12.7. The smallest absolute Gasteiger partial charge is 0.226 e. The van der Waals surface area contributed by atoms with Crippen molar-refractivity contribution in [2.24, 2.45) is 5.92 Å². The summed E-state index contributed by atoms with van der Waals surface area (Å²) in [6, 6.07) is 17.0. The Morgan fingerprint density at radius 3 is 2.13 bits per heavy atom. The molecule has 1 aliphatic rings. The van der Waals surface area contributed by atoms with E-state index >= 15 is 0 Å². The van der Waals surface area contributed by atoms with Crippen LogP contribution in [0.4, 0.5) is 0 Å². The molecule has 31 heavy (non-hydrogen) atoms. The van der Waals surface area contributed by atoms with Gasteiger partial charge in [0.05, 0.1) is 17.4 Å². The van der Waals surface area contributed by atoms with Crippen LogP contribution in [0.1, 0.15) is 50.3 Å². The van der Waals surface area contributed by atoms with Crippen LogP contribution in [0.3, 0.4) is 0 Å². The first-order valence-corrected chi connectivity index (χ1v) is 12.7. The van der Waals surface area contributed by atoms with Crippen LogP contribution < -0.4 is 0 Å². The molecule has 1 fully saturated rings. The third-order valence-corrected chi connectivity index (χ3v) is 8.73. The van der Waals surface area contributed by atoms with Crippen molar-refractivity contribution in [3.63, 3.8) is 0 Å². The molecule has 3 rings (SSSR count). The Labute approximate surface area is 186 Å². The van der Waals surface area contributed by atoms with Gasteiger partial charge in [-0.25, -0.2) is 8.42 Å². The summed E-state index contributed by atoms with van der Waals surface area (Å²) in [6.07, 6.45) is 1.77. The van der Waals surface area contributed by atoms with Gasteiger partial charge in [-0.1, -0.05) is 54.6 Å². The maximum absolute atomic E-state index is 12.7. The molecule has 0 aromatic heterocycles. The number of hydrogen-bond acceptors (Lipinski definition) is 4. The lowest BCUT2D eigenvalue weighted by Gasteiger charge is -2.32. The molecule has 1 N–H and O–H groups in total. The fourth-order valence-electron chi connectivity index (χ4n) is 4.03. The second kappa shape index (κ2) is 9.53. The van der Waals surface area contributed by atoms with Crippen molar-refractivity contribution in [3.05, 3.63) is 71.3 Å². The molecule has 1 saturated heterocycles. The third-order valence-electron chi connectivity index (χ3n) is 6.36. The van der Waals surface area contributed by atoms with Crippen molar-refractivity contribution >= 4 is 15.7 Å². The lowest BCUT2D eigenvalue weighted by molar-refractivity contribution is -0.131. The highest BCUT2D eigenvalue weighted by molar-refractivity contribution is 7.91. The maximum Gasteiger partial charge on any atom is 0.226 e. The molecule has 2 aromatic carbocycles. The molecule has 1 amide bonds. The Bertz CT molecular complexity index is 974. The molecule has 168 valence electrons. The first kappa shape index (κ1) is 23.5. The van der Waals surface area contributed by atoms with Crippen LogP contribution in [0.2, 0.25) is 0 Å². The zero-order valence-electron chi connectivity index (χ0n) is 18.6. The minimum atomic E-state index is -3.04. The monoisotopic (exact) mass is 443 g/mol. The molecule has 6 heteroatoms. The van der Waals surface area contributed by atoms with E-state index < -0.39 is 15.4 Å². The zero-order valence-corrected chi connectivity index (χ0v) is 19.4. The highest BCUT2D eigenvalue weighted by Crippen LogP contribution is 2.29. The molecule has 1 unspecified atom stereocenters. The van der Waals surface area contributed by atoms with Crippen LogP contribution in [0, 0.1) is 5.92 Å². The summed E-state index contributed by atoms with van der Waals surface area (Å²) >= 11 is 0. The second-order valence-electron chi connectivity index (χ2n) is 9.01. The largest absolute Gasteiger partial charge is 0.381 e. The number of hydrogen-bond donors (Lipinski definition) is 1. The van der Waals surface area contributed by atoms with Crippen molar-refractivity contribution in [1.82, 2.24) is 4.90 Å². The first-order valence-electron chi connectivity index (χ1n) is 11.0. The molecule has 1 aliphatic heterocycles. The predicted octanol–water partition coefficient (Wildman–Crippen LogP) is 3.55. The van der Waals surface area contributed by atoms with E-state index in [0.717, 1.165) is 29.5 Å². The van der Waals surface area contributed by atoms with Crippen LogP contribution in [0.5, 0.6) is 0 Å². The Morgan fingerprint density at radius 1 is 1.03 bits per heavy atom. The highest BCUT2D eigenvalue weighted by Gasteiger charge is 2.28. The minimum absolute atomic E-state index is 0.0627. The van der Waals surface area contributed by atoms with E-state index in [1.807, 2.05) is 59.5 Å². The molecule has 1 heterocycles. The van der Waals surface area contributed by atoms with Crippen molar-refractivity contribution in [3.8, 4) is 0 Å². The van der Waals surface area contributed by atoms with E-state index in [4.69, 9.17) is 0 Å².